The van der Waals surface area contributed by atoms with Gasteiger partial charge < -0.3 is 10.1 Å². The van der Waals surface area contributed by atoms with E-state index in [2.05, 4.69) is 5.32 Å². The third kappa shape index (κ3) is 4.41. The average Bonchev–Trinajstić information content (AvgIpc) is 2.32. The molecule has 20 heavy (non-hydrogen) atoms. The zero-order valence-corrected chi connectivity index (χ0v) is 11.7. The smallest absolute Gasteiger partial charge is 0.327 e. The van der Waals surface area contributed by atoms with Gasteiger partial charge >= 0.3 is 5.69 Å². The van der Waals surface area contributed by atoms with E-state index in [-0.39, 0.29) is 11.1 Å². The van der Waals surface area contributed by atoms with Crippen molar-refractivity contribution in [3.8, 4) is 0 Å². The first kappa shape index (κ1) is 16.3. The van der Waals surface area contributed by atoms with Crippen molar-refractivity contribution in [2.45, 2.75) is 20.3 Å². The topological polar surface area (TPSA) is 64.4 Å². The minimum Gasteiger partial charge on any atom is -0.385 e. The summed E-state index contributed by atoms with van der Waals surface area (Å²) < 4.78 is 31.6. The van der Waals surface area contributed by atoms with Gasteiger partial charge in [0.05, 0.1) is 4.92 Å². The monoisotopic (exact) mass is 288 g/mol. The molecule has 5 nitrogen and oxygen atoms in total. The Bertz CT molecular complexity index is 493. The summed E-state index contributed by atoms with van der Waals surface area (Å²) in [6.45, 7) is 4.73. The van der Waals surface area contributed by atoms with Crippen molar-refractivity contribution in [2.75, 3.05) is 25.6 Å². The van der Waals surface area contributed by atoms with Crippen LogP contribution in [0, 0.1) is 27.2 Å². The summed E-state index contributed by atoms with van der Waals surface area (Å²) >= 11 is 0. The largest absolute Gasteiger partial charge is 0.385 e. The van der Waals surface area contributed by atoms with Gasteiger partial charge in [-0.1, -0.05) is 13.8 Å². The molecule has 0 aliphatic carbocycles. The Morgan fingerprint density at radius 3 is 2.60 bits per heavy atom. The molecule has 1 aromatic carbocycles. The van der Waals surface area contributed by atoms with Crippen molar-refractivity contribution in [3.05, 3.63) is 33.9 Å². The molecule has 0 saturated carbocycles. The molecule has 0 bridgehead atoms. The summed E-state index contributed by atoms with van der Waals surface area (Å²) in [7, 11) is 1.58. The number of rotatable bonds is 7. The number of nitro groups is 1. The van der Waals surface area contributed by atoms with Gasteiger partial charge in [0.15, 0.2) is 0 Å². The number of halogens is 2. The lowest BCUT2D eigenvalue weighted by molar-refractivity contribution is -0.386. The lowest BCUT2D eigenvalue weighted by atomic mass is 9.89. The van der Waals surface area contributed by atoms with Crippen LogP contribution >= 0.6 is 0 Å². The molecule has 0 aliphatic rings. The number of ether oxygens (including phenoxy) is 1. The maximum absolute atomic E-state index is 13.4. The summed E-state index contributed by atoms with van der Waals surface area (Å²) in [6, 6.07) is 1.42. The molecule has 0 amide bonds. The SMILES string of the molecule is COCCC(C)(C)CNc1cc(F)cc(F)c1[N+](=O)[O-]. The molecule has 7 heteroatoms. The predicted molar refractivity (Wildman–Crippen MR) is 71.8 cm³/mol. The number of benzene rings is 1. The molecule has 1 rings (SSSR count). The third-order valence-electron chi connectivity index (χ3n) is 2.95. The molecule has 0 atom stereocenters. The van der Waals surface area contributed by atoms with E-state index in [1.807, 2.05) is 13.8 Å². The van der Waals surface area contributed by atoms with Crippen molar-refractivity contribution >= 4 is 11.4 Å². The normalized spacial score (nSPS) is 11.4. The minimum absolute atomic E-state index is 0.155. The van der Waals surface area contributed by atoms with Crippen LogP contribution in [0.25, 0.3) is 0 Å². The molecule has 0 radical (unpaired) electrons. The Kier molecular flexibility index (Phi) is 5.38. The summed E-state index contributed by atoms with van der Waals surface area (Å²) in [4.78, 5) is 9.97. The molecule has 0 aliphatic heterocycles. The van der Waals surface area contributed by atoms with Crippen LogP contribution in [0.3, 0.4) is 0 Å². The van der Waals surface area contributed by atoms with E-state index in [4.69, 9.17) is 4.74 Å². The summed E-state index contributed by atoms with van der Waals surface area (Å²) in [5.74, 6) is -2.04. The Hall–Kier alpha value is -1.76. The van der Waals surface area contributed by atoms with Crippen LogP contribution in [0.5, 0.6) is 0 Å². The van der Waals surface area contributed by atoms with Crippen LogP contribution in [0.4, 0.5) is 20.2 Å². The highest BCUT2D eigenvalue weighted by molar-refractivity contribution is 5.62. The van der Waals surface area contributed by atoms with Crippen molar-refractivity contribution in [1.82, 2.24) is 0 Å². The van der Waals surface area contributed by atoms with Crippen molar-refractivity contribution < 1.29 is 18.4 Å². The maximum atomic E-state index is 13.4. The van der Waals surface area contributed by atoms with Gasteiger partial charge in [0.25, 0.3) is 0 Å². The first-order valence-electron chi connectivity index (χ1n) is 6.13. The van der Waals surface area contributed by atoms with Crippen molar-refractivity contribution in [2.24, 2.45) is 5.41 Å². The summed E-state index contributed by atoms with van der Waals surface area (Å²) in [5, 5.41) is 13.6. The number of hydrogen-bond donors (Lipinski definition) is 1. The average molecular weight is 288 g/mol. The number of anilines is 1. The fourth-order valence-electron chi connectivity index (χ4n) is 1.69. The third-order valence-corrected chi connectivity index (χ3v) is 2.95. The number of methoxy groups -OCH3 is 1. The highest BCUT2D eigenvalue weighted by atomic mass is 19.1. The number of nitro benzene ring substituents is 1. The van der Waals surface area contributed by atoms with Gasteiger partial charge in [-0.25, -0.2) is 4.39 Å². The first-order chi connectivity index (χ1) is 9.26. The first-order valence-corrected chi connectivity index (χ1v) is 6.13. The molecule has 0 saturated heterocycles. The Morgan fingerprint density at radius 2 is 2.05 bits per heavy atom. The van der Waals surface area contributed by atoms with Gasteiger partial charge in [-0.05, 0) is 11.8 Å². The van der Waals surface area contributed by atoms with E-state index in [0.717, 1.165) is 6.07 Å². The standard InChI is InChI=1S/C13H18F2N2O3/c1-13(2,4-5-20-3)8-16-11-7-9(14)6-10(15)12(11)17(18)19/h6-7,16H,4-5,8H2,1-3H3. The van der Waals surface area contributed by atoms with E-state index in [9.17, 15) is 18.9 Å². The Labute approximate surface area is 116 Å². The van der Waals surface area contributed by atoms with Gasteiger partial charge in [-0.3, -0.25) is 10.1 Å². The second kappa shape index (κ2) is 6.60. The molecule has 0 spiro atoms. The minimum atomic E-state index is -1.19. The molecule has 0 unspecified atom stereocenters. The second-order valence-corrected chi connectivity index (χ2v) is 5.30. The van der Waals surface area contributed by atoms with Crippen LogP contribution < -0.4 is 5.32 Å². The molecule has 112 valence electrons. The van der Waals surface area contributed by atoms with Crippen molar-refractivity contribution in [3.63, 3.8) is 0 Å². The van der Waals surface area contributed by atoms with Crippen LogP contribution in [0.15, 0.2) is 12.1 Å². The van der Waals surface area contributed by atoms with Crippen LogP contribution in [0.2, 0.25) is 0 Å². The molecule has 0 heterocycles. The summed E-state index contributed by atoms with van der Waals surface area (Å²) in [6.07, 6.45) is 0.710. The number of nitrogens with zero attached hydrogens (tertiary/aromatic N) is 1. The Morgan fingerprint density at radius 1 is 1.40 bits per heavy atom. The number of hydrogen-bond acceptors (Lipinski definition) is 4. The highest BCUT2D eigenvalue weighted by Crippen LogP contribution is 2.30. The van der Waals surface area contributed by atoms with Gasteiger partial charge in [0, 0.05) is 32.4 Å². The Balaban J connectivity index is 2.89. The van der Waals surface area contributed by atoms with Crippen molar-refractivity contribution in [1.29, 1.82) is 0 Å². The van der Waals surface area contributed by atoms with E-state index in [1.165, 1.54) is 0 Å². The lowest BCUT2D eigenvalue weighted by Crippen LogP contribution is -2.25. The van der Waals surface area contributed by atoms with E-state index in [0.29, 0.717) is 25.6 Å². The predicted octanol–water partition coefficient (Wildman–Crippen LogP) is 3.35. The van der Waals surface area contributed by atoms with E-state index >= 15 is 0 Å². The molecule has 1 aromatic rings. The second-order valence-electron chi connectivity index (χ2n) is 5.30. The molecular weight excluding hydrogens is 270 g/mol. The van der Waals surface area contributed by atoms with E-state index < -0.39 is 22.2 Å². The molecule has 0 aromatic heterocycles. The van der Waals surface area contributed by atoms with Crippen LogP contribution in [0.1, 0.15) is 20.3 Å². The lowest BCUT2D eigenvalue weighted by Gasteiger charge is -2.25. The quantitative estimate of drug-likeness (QED) is 0.617. The zero-order valence-electron chi connectivity index (χ0n) is 11.7. The zero-order chi connectivity index (χ0) is 15.3. The van der Waals surface area contributed by atoms with Gasteiger partial charge in [-0.15, -0.1) is 0 Å². The molecule has 0 fully saturated rings. The van der Waals surface area contributed by atoms with Gasteiger partial charge in [0.1, 0.15) is 11.5 Å². The summed E-state index contributed by atoms with van der Waals surface area (Å²) in [5.41, 5.74) is -1.13. The fourth-order valence-corrected chi connectivity index (χ4v) is 1.69. The van der Waals surface area contributed by atoms with E-state index in [1.54, 1.807) is 7.11 Å². The van der Waals surface area contributed by atoms with Gasteiger partial charge in [0.2, 0.25) is 5.82 Å². The van der Waals surface area contributed by atoms with Crippen LogP contribution in [-0.4, -0.2) is 25.2 Å². The highest BCUT2D eigenvalue weighted by Gasteiger charge is 2.24. The number of nitrogens with one attached hydrogen (secondary N) is 1. The van der Waals surface area contributed by atoms with Crippen LogP contribution in [-0.2, 0) is 4.74 Å². The molecular formula is C13H18F2N2O3. The molecule has 1 N–H and O–H groups in total. The fraction of sp³-hybridized carbons (Fsp3) is 0.538. The maximum Gasteiger partial charge on any atom is 0.327 e. The van der Waals surface area contributed by atoms with Gasteiger partial charge in [-0.2, -0.15) is 4.39 Å².